The smallest absolute Gasteiger partial charge is 0.277 e. The SMILES string of the molecule is O=C(NN=C1[C@H]2OC[C@@H](O2)[C@H]2[C@H]1[C@@H]2C(=O)c1ccccc1)c1cc([N+](=O)[O-])cc([N+](=O)[O-])c1. The molecule has 0 radical (unpaired) electrons. The number of hydrogen-bond donors (Lipinski definition) is 1. The van der Waals surface area contributed by atoms with Gasteiger partial charge in [-0.2, -0.15) is 5.10 Å². The maximum Gasteiger partial charge on any atom is 0.277 e. The Morgan fingerprint density at radius 3 is 2.30 bits per heavy atom. The summed E-state index contributed by atoms with van der Waals surface area (Å²) >= 11 is 0. The average molecular weight is 452 g/mol. The molecular weight excluding hydrogens is 436 g/mol. The van der Waals surface area contributed by atoms with Gasteiger partial charge in [0.05, 0.1) is 39.9 Å². The molecule has 3 fully saturated rings. The van der Waals surface area contributed by atoms with E-state index in [-0.39, 0.29) is 35.2 Å². The third-order valence-corrected chi connectivity index (χ3v) is 6.03. The second kappa shape index (κ2) is 7.83. The van der Waals surface area contributed by atoms with Crippen molar-refractivity contribution in [1.82, 2.24) is 5.43 Å². The summed E-state index contributed by atoms with van der Waals surface area (Å²) in [5.74, 6) is -1.69. The molecule has 1 aliphatic carbocycles. The molecule has 2 saturated heterocycles. The van der Waals surface area contributed by atoms with Gasteiger partial charge in [0.25, 0.3) is 17.3 Å². The van der Waals surface area contributed by atoms with Crippen LogP contribution in [0, 0.1) is 38.0 Å². The molecule has 3 aliphatic rings. The maximum absolute atomic E-state index is 13.0. The van der Waals surface area contributed by atoms with Gasteiger partial charge in [0.15, 0.2) is 12.1 Å². The first-order valence-electron chi connectivity index (χ1n) is 10.0. The first-order chi connectivity index (χ1) is 15.8. The number of Topliss-reactive ketones (excluding diaryl/α,β-unsaturated/α-hetero) is 1. The fourth-order valence-electron chi connectivity index (χ4n) is 4.49. The number of nitro groups is 2. The van der Waals surface area contributed by atoms with Gasteiger partial charge in [0.1, 0.15) is 0 Å². The van der Waals surface area contributed by atoms with Gasteiger partial charge < -0.3 is 9.47 Å². The number of fused-ring (bicyclic) bond motifs is 4. The molecule has 1 saturated carbocycles. The molecule has 12 nitrogen and oxygen atoms in total. The van der Waals surface area contributed by atoms with Crippen LogP contribution >= 0.6 is 0 Å². The lowest BCUT2D eigenvalue weighted by molar-refractivity contribution is -0.394. The molecule has 2 aromatic rings. The Morgan fingerprint density at radius 1 is 1.00 bits per heavy atom. The number of non-ortho nitro benzene ring substituents is 2. The van der Waals surface area contributed by atoms with Gasteiger partial charge in [0, 0.05) is 35.4 Å². The molecule has 5 atom stereocenters. The van der Waals surface area contributed by atoms with Crippen molar-refractivity contribution in [3.63, 3.8) is 0 Å². The molecule has 12 heteroatoms. The van der Waals surface area contributed by atoms with Gasteiger partial charge in [-0.3, -0.25) is 29.8 Å². The van der Waals surface area contributed by atoms with Crippen LogP contribution in [0.1, 0.15) is 20.7 Å². The van der Waals surface area contributed by atoms with E-state index in [0.717, 1.165) is 18.2 Å². The summed E-state index contributed by atoms with van der Waals surface area (Å²) in [4.78, 5) is 46.1. The Morgan fingerprint density at radius 2 is 1.67 bits per heavy atom. The summed E-state index contributed by atoms with van der Waals surface area (Å²) in [6.45, 7) is 0.300. The van der Waals surface area contributed by atoms with Crippen molar-refractivity contribution in [2.45, 2.75) is 12.4 Å². The monoisotopic (exact) mass is 452 g/mol. The van der Waals surface area contributed by atoms with Crippen LogP contribution in [-0.2, 0) is 9.47 Å². The van der Waals surface area contributed by atoms with Crippen molar-refractivity contribution in [3.05, 3.63) is 79.9 Å². The van der Waals surface area contributed by atoms with Crippen LogP contribution in [0.2, 0.25) is 0 Å². The minimum Gasteiger partial charge on any atom is -0.344 e. The maximum atomic E-state index is 13.0. The standard InChI is InChI=1S/C21H16N4O8/c26-19(10-4-2-1-3-5-10)17-15-14-9-32-21(33-14)18(16(15)17)22-23-20(27)11-6-12(24(28)29)8-13(7-11)25(30)31/h1-8,14-17,21H,9H2,(H,23,27)/t14-,15+,16+,17-,21+/m1/s1. The highest BCUT2D eigenvalue weighted by Gasteiger charge is 2.67. The van der Waals surface area contributed by atoms with Crippen molar-refractivity contribution in [3.8, 4) is 0 Å². The fourth-order valence-corrected chi connectivity index (χ4v) is 4.49. The van der Waals surface area contributed by atoms with Gasteiger partial charge in [-0.05, 0) is 0 Å². The average Bonchev–Trinajstić information content (AvgIpc) is 3.42. The Balaban J connectivity index is 1.39. The van der Waals surface area contributed by atoms with Crippen molar-refractivity contribution in [1.29, 1.82) is 0 Å². The van der Waals surface area contributed by atoms with E-state index in [2.05, 4.69) is 10.5 Å². The molecule has 168 valence electrons. The van der Waals surface area contributed by atoms with Crippen LogP contribution < -0.4 is 5.43 Å². The van der Waals surface area contributed by atoms with Crippen LogP contribution in [0.15, 0.2) is 53.6 Å². The van der Waals surface area contributed by atoms with Gasteiger partial charge in [-0.15, -0.1) is 0 Å². The highest BCUT2D eigenvalue weighted by molar-refractivity contribution is 6.07. The summed E-state index contributed by atoms with van der Waals surface area (Å²) in [5.41, 5.74) is 1.69. The number of nitrogens with one attached hydrogen (secondary N) is 1. The van der Waals surface area contributed by atoms with E-state index in [1.807, 2.05) is 6.07 Å². The number of rotatable bonds is 6. The summed E-state index contributed by atoms with van der Waals surface area (Å²) in [5, 5.41) is 26.2. The first-order valence-corrected chi connectivity index (χ1v) is 10.0. The minimum atomic E-state index is -0.877. The van der Waals surface area contributed by atoms with Crippen molar-refractivity contribution in [2.24, 2.45) is 22.9 Å². The number of nitrogens with zero attached hydrogens (tertiary/aromatic N) is 3. The number of ether oxygens (including phenoxy) is 2. The topological polar surface area (TPSA) is 163 Å². The molecule has 1 N–H and O–H groups in total. The second-order valence-electron chi connectivity index (χ2n) is 7.93. The van der Waals surface area contributed by atoms with Crippen LogP contribution in [0.25, 0.3) is 0 Å². The summed E-state index contributed by atoms with van der Waals surface area (Å²) in [6, 6.07) is 11.4. The van der Waals surface area contributed by atoms with Crippen LogP contribution in [0.3, 0.4) is 0 Å². The zero-order chi connectivity index (χ0) is 23.3. The number of amides is 1. The normalized spacial score (nSPS) is 28.1. The third-order valence-electron chi connectivity index (χ3n) is 6.03. The molecule has 2 heterocycles. The number of benzene rings is 2. The highest BCUT2D eigenvalue weighted by Crippen LogP contribution is 2.57. The molecule has 2 aromatic carbocycles. The molecule has 1 amide bonds. The number of hydrazone groups is 1. The van der Waals surface area contributed by atoms with Gasteiger partial charge >= 0.3 is 0 Å². The Hall–Kier alpha value is -4.03. The fraction of sp³-hybridized carbons (Fsp3) is 0.286. The predicted octanol–water partition coefficient (Wildman–Crippen LogP) is 2.09. The number of nitro benzene ring substituents is 2. The van der Waals surface area contributed by atoms with Crippen LogP contribution in [-0.4, -0.2) is 46.2 Å². The number of carbonyl (C=O) groups is 2. The molecular formula is C21H16N4O8. The van der Waals surface area contributed by atoms with E-state index >= 15 is 0 Å². The Kier molecular flexibility index (Phi) is 4.95. The zero-order valence-corrected chi connectivity index (χ0v) is 16.8. The minimum absolute atomic E-state index is 0.0462. The van der Waals surface area contributed by atoms with Crippen molar-refractivity contribution >= 4 is 28.8 Å². The molecule has 2 bridgehead atoms. The highest BCUT2D eigenvalue weighted by atomic mass is 16.7. The van der Waals surface area contributed by atoms with E-state index in [0.29, 0.717) is 17.9 Å². The summed E-state index contributed by atoms with van der Waals surface area (Å²) in [7, 11) is 0. The number of ketones is 1. The zero-order valence-electron chi connectivity index (χ0n) is 16.8. The quantitative estimate of drug-likeness (QED) is 0.395. The molecule has 5 rings (SSSR count). The number of carbonyl (C=O) groups excluding carboxylic acids is 2. The molecule has 0 spiro atoms. The van der Waals surface area contributed by atoms with Crippen LogP contribution in [0.4, 0.5) is 11.4 Å². The van der Waals surface area contributed by atoms with E-state index in [1.165, 1.54) is 0 Å². The predicted molar refractivity (Wildman–Crippen MR) is 111 cm³/mol. The number of hydrogen-bond acceptors (Lipinski definition) is 9. The van der Waals surface area contributed by atoms with Gasteiger partial charge in [-0.1, -0.05) is 30.3 Å². The van der Waals surface area contributed by atoms with E-state index in [9.17, 15) is 29.8 Å². The second-order valence-corrected chi connectivity index (χ2v) is 7.93. The van der Waals surface area contributed by atoms with Crippen molar-refractivity contribution in [2.75, 3.05) is 6.61 Å². The van der Waals surface area contributed by atoms with Gasteiger partial charge in [-0.25, -0.2) is 5.43 Å². The lowest BCUT2D eigenvalue weighted by atomic mass is 10.0. The van der Waals surface area contributed by atoms with Crippen LogP contribution in [0.5, 0.6) is 0 Å². The summed E-state index contributed by atoms with van der Waals surface area (Å²) in [6.07, 6.45) is -1.06. The first kappa shape index (κ1) is 20.8. The van der Waals surface area contributed by atoms with Gasteiger partial charge in [0.2, 0.25) is 0 Å². The van der Waals surface area contributed by atoms with E-state index < -0.39 is 33.4 Å². The molecule has 0 unspecified atom stereocenters. The third kappa shape index (κ3) is 3.64. The molecule has 2 aliphatic heterocycles. The molecule has 33 heavy (non-hydrogen) atoms. The van der Waals surface area contributed by atoms with E-state index in [4.69, 9.17) is 9.47 Å². The lowest BCUT2D eigenvalue weighted by Gasteiger charge is -2.18. The van der Waals surface area contributed by atoms with E-state index in [1.54, 1.807) is 24.3 Å². The largest absolute Gasteiger partial charge is 0.344 e. The summed E-state index contributed by atoms with van der Waals surface area (Å²) < 4.78 is 11.4. The Labute approximate surface area is 185 Å². The lowest BCUT2D eigenvalue weighted by Crippen LogP contribution is -2.33. The molecule has 0 aromatic heterocycles. The Bertz CT molecular complexity index is 1180. The van der Waals surface area contributed by atoms with Crippen molar-refractivity contribution < 1.29 is 28.9 Å².